The molecule has 0 bridgehead atoms. The Balaban J connectivity index is 0.00000341. The van der Waals surface area contributed by atoms with Crippen molar-refractivity contribution < 1.29 is 49.0 Å². The van der Waals surface area contributed by atoms with Crippen LogP contribution in [0.25, 0.3) is 0 Å². The van der Waals surface area contributed by atoms with Crippen molar-refractivity contribution in [2.24, 2.45) is 0 Å². The Morgan fingerprint density at radius 3 is 2.00 bits per heavy atom. The molecule has 0 saturated heterocycles. The molecule has 8 heteroatoms. The molecule has 152 valence electrons. The molecule has 0 radical (unpaired) electrons. The third kappa shape index (κ3) is 6.96. The van der Waals surface area contributed by atoms with Crippen LogP contribution in [0.5, 0.6) is 0 Å². The zero-order valence-electron chi connectivity index (χ0n) is 17.0. The summed E-state index contributed by atoms with van der Waals surface area (Å²) in [5.74, 6) is -2.21. The van der Waals surface area contributed by atoms with Gasteiger partial charge in [0.25, 0.3) is 5.91 Å². The summed E-state index contributed by atoms with van der Waals surface area (Å²) >= 11 is 0. The quantitative estimate of drug-likeness (QED) is 0.318. The summed E-state index contributed by atoms with van der Waals surface area (Å²) in [6, 6.07) is 20.4. The van der Waals surface area contributed by atoms with Crippen LogP contribution in [-0.4, -0.2) is 23.8 Å². The molecule has 0 aliphatic heterocycles. The first-order chi connectivity index (χ1) is 14.4. The molecule has 3 aromatic carbocycles. The first-order valence-corrected chi connectivity index (χ1v) is 9.25. The minimum absolute atomic E-state index is 0. The van der Waals surface area contributed by atoms with Gasteiger partial charge in [-0.3, -0.25) is 9.59 Å². The van der Waals surface area contributed by atoms with Crippen LogP contribution in [0.15, 0.2) is 78.9 Å². The van der Waals surface area contributed by atoms with Gasteiger partial charge in [0.05, 0.1) is 5.97 Å². The zero-order chi connectivity index (χ0) is 21.5. The molecule has 0 saturated carbocycles. The fourth-order valence-corrected chi connectivity index (χ4v) is 2.85. The monoisotopic (exact) mass is 425 g/mol. The number of hydrogen-bond donors (Lipinski definition) is 3. The summed E-state index contributed by atoms with van der Waals surface area (Å²) in [5, 5.41) is 16.4. The molecular weight excluding hydrogens is 405 g/mol. The molecule has 0 unspecified atom stereocenters. The maximum atomic E-state index is 12.9. The molecule has 2 amide bonds. The summed E-state index contributed by atoms with van der Waals surface area (Å²) in [7, 11) is 0. The summed E-state index contributed by atoms with van der Waals surface area (Å²) in [6.45, 7) is 0. The summed E-state index contributed by atoms with van der Waals surface area (Å²) in [4.78, 5) is 36.4. The number of nitrogen functional groups attached to an aromatic ring is 1. The predicted molar refractivity (Wildman–Crippen MR) is 112 cm³/mol. The van der Waals surface area contributed by atoms with Crippen LogP contribution < -0.4 is 51.0 Å². The van der Waals surface area contributed by atoms with E-state index in [0.717, 1.165) is 5.56 Å². The summed E-state index contributed by atoms with van der Waals surface area (Å²) in [6.07, 6.45) is 0.282. The number of benzene rings is 3. The Morgan fingerprint density at radius 1 is 0.839 bits per heavy atom. The number of carboxylic acid groups (broad SMARTS) is 1. The Labute approximate surface area is 202 Å². The second-order valence-corrected chi connectivity index (χ2v) is 6.69. The molecule has 3 aromatic rings. The van der Waals surface area contributed by atoms with Crippen molar-refractivity contribution in [3.8, 4) is 0 Å². The van der Waals surface area contributed by atoms with Gasteiger partial charge < -0.3 is 26.3 Å². The van der Waals surface area contributed by atoms with E-state index in [1.807, 2.05) is 30.3 Å². The van der Waals surface area contributed by atoms with Gasteiger partial charge in [0.1, 0.15) is 6.04 Å². The molecular formula is C23H20N3NaO4. The van der Waals surface area contributed by atoms with Crippen LogP contribution in [0, 0.1) is 0 Å². The van der Waals surface area contributed by atoms with E-state index in [4.69, 9.17) is 5.73 Å². The van der Waals surface area contributed by atoms with E-state index in [-0.39, 0.29) is 53.0 Å². The Kier molecular flexibility index (Phi) is 8.81. The van der Waals surface area contributed by atoms with Gasteiger partial charge in [-0.15, -0.1) is 0 Å². The molecule has 0 spiro atoms. The number of rotatable bonds is 7. The molecule has 0 aromatic heterocycles. The van der Waals surface area contributed by atoms with E-state index in [2.05, 4.69) is 10.6 Å². The largest absolute Gasteiger partial charge is 1.00 e. The van der Waals surface area contributed by atoms with Crippen molar-refractivity contribution in [2.45, 2.75) is 12.5 Å². The van der Waals surface area contributed by atoms with Gasteiger partial charge in [0.2, 0.25) is 5.91 Å². The molecule has 1 atom stereocenters. The molecule has 7 nitrogen and oxygen atoms in total. The maximum absolute atomic E-state index is 12.9. The fourth-order valence-electron chi connectivity index (χ4n) is 2.85. The van der Waals surface area contributed by atoms with Crippen LogP contribution in [0.4, 0.5) is 11.4 Å². The summed E-state index contributed by atoms with van der Waals surface area (Å²) < 4.78 is 0. The number of carbonyl (C=O) groups is 3. The van der Waals surface area contributed by atoms with Crippen LogP contribution >= 0.6 is 0 Å². The second-order valence-electron chi connectivity index (χ2n) is 6.69. The van der Waals surface area contributed by atoms with E-state index < -0.39 is 17.9 Å². The Hall–Kier alpha value is -3.13. The minimum atomic E-state index is -1.33. The third-order valence-corrected chi connectivity index (χ3v) is 4.47. The Bertz CT molecular complexity index is 1040. The van der Waals surface area contributed by atoms with Crippen molar-refractivity contribution >= 4 is 29.2 Å². The average Bonchev–Trinajstić information content (AvgIpc) is 2.75. The van der Waals surface area contributed by atoms with E-state index in [0.29, 0.717) is 11.4 Å². The van der Waals surface area contributed by atoms with Gasteiger partial charge in [-0.25, -0.2) is 0 Å². The molecule has 3 rings (SSSR count). The van der Waals surface area contributed by atoms with Crippen molar-refractivity contribution in [2.75, 3.05) is 11.1 Å². The zero-order valence-corrected chi connectivity index (χ0v) is 19.0. The number of anilines is 2. The molecule has 31 heavy (non-hydrogen) atoms. The van der Waals surface area contributed by atoms with E-state index in [9.17, 15) is 19.5 Å². The Morgan fingerprint density at radius 2 is 1.42 bits per heavy atom. The number of carbonyl (C=O) groups excluding carboxylic acids is 3. The maximum Gasteiger partial charge on any atom is 1.00 e. The number of hydrogen-bond acceptors (Lipinski definition) is 5. The average molecular weight is 425 g/mol. The van der Waals surface area contributed by atoms with Gasteiger partial charge in [0.15, 0.2) is 0 Å². The first-order valence-electron chi connectivity index (χ1n) is 9.25. The van der Waals surface area contributed by atoms with Gasteiger partial charge in [0, 0.05) is 23.4 Å². The second kappa shape index (κ2) is 11.3. The minimum Gasteiger partial charge on any atom is -0.545 e. The van der Waals surface area contributed by atoms with E-state index in [1.165, 1.54) is 24.3 Å². The molecule has 0 aliphatic carbocycles. The SMILES string of the molecule is Nc1ccc(NC(=O)[C@@H](Cc2ccccc2)NC(=O)c2ccc(C(=O)[O-])cc2)cc1.[Na+]. The van der Waals surface area contributed by atoms with Crippen LogP contribution in [0.2, 0.25) is 0 Å². The van der Waals surface area contributed by atoms with Gasteiger partial charge in [-0.05, 0) is 47.5 Å². The fraction of sp³-hybridized carbons (Fsp3) is 0.0870. The molecule has 0 heterocycles. The third-order valence-electron chi connectivity index (χ3n) is 4.47. The van der Waals surface area contributed by atoms with E-state index >= 15 is 0 Å². The number of carboxylic acids is 1. The van der Waals surface area contributed by atoms with Crippen LogP contribution in [0.1, 0.15) is 26.3 Å². The number of nitrogens with two attached hydrogens (primary N) is 1. The molecule has 4 N–H and O–H groups in total. The topological polar surface area (TPSA) is 124 Å². The number of nitrogens with one attached hydrogen (secondary N) is 2. The number of aromatic carboxylic acids is 1. The first kappa shape index (κ1) is 24.1. The van der Waals surface area contributed by atoms with Crippen LogP contribution in [0.3, 0.4) is 0 Å². The van der Waals surface area contributed by atoms with E-state index in [1.54, 1.807) is 24.3 Å². The van der Waals surface area contributed by atoms with Gasteiger partial charge >= 0.3 is 29.6 Å². The predicted octanol–water partition coefficient (Wildman–Crippen LogP) is -1.38. The van der Waals surface area contributed by atoms with Gasteiger partial charge in [-0.1, -0.05) is 42.5 Å². The smallest absolute Gasteiger partial charge is 0.545 e. The number of amides is 2. The molecule has 0 fully saturated rings. The van der Waals surface area contributed by atoms with Crippen molar-refractivity contribution in [3.05, 3.63) is 95.6 Å². The normalized spacial score (nSPS) is 11.0. The van der Waals surface area contributed by atoms with Crippen molar-refractivity contribution in [1.29, 1.82) is 0 Å². The van der Waals surface area contributed by atoms with Crippen LogP contribution in [-0.2, 0) is 11.2 Å². The molecule has 0 aliphatic rings. The van der Waals surface area contributed by atoms with Crippen molar-refractivity contribution in [1.82, 2.24) is 5.32 Å². The van der Waals surface area contributed by atoms with Gasteiger partial charge in [-0.2, -0.15) is 0 Å². The van der Waals surface area contributed by atoms with Crippen molar-refractivity contribution in [3.63, 3.8) is 0 Å². The summed E-state index contributed by atoms with van der Waals surface area (Å²) in [5.41, 5.74) is 7.87. The standard InChI is InChI=1S/C23H21N3O4.Na/c24-18-10-12-19(13-11-18)25-22(28)20(14-15-4-2-1-3-5-15)26-21(27)16-6-8-17(9-7-16)23(29)30;/h1-13,20H,14,24H2,(H,25,28)(H,26,27)(H,29,30);/q;+1/p-1/t20-;/m1./s1.